The molecule has 1 aromatic heterocycles. The lowest BCUT2D eigenvalue weighted by atomic mass is 9.96. The molecule has 0 saturated heterocycles. The molecule has 2 saturated carbocycles. The number of hydrogen-bond acceptors (Lipinski definition) is 4. The lowest BCUT2D eigenvalue weighted by Gasteiger charge is -2.21. The number of anilines is 1. The highest BCUT2D eigenvalue weighted by Gasteiger charge is 2.39. The van der Waals surface area contributed by atoms with Crippen molar-refractivity contribution in [1.29, 1.82) is 0 Å². The van der Waals surface area contributed by atoms with Crippen LogP contribution in [0.5, 0.6) is 0 Å². The van der Waals surface area contributed by atoms with Crippen molar-refractivity contribution in [2.24, 2.45) is 11.8 Å². The number of aromatic nitrogens is 2. The second-order valence-electron chi connectivity index (χ2n) is 4.55. The second kappa shape index (κ2) is 3.19. The second-order valence-corrected chi connectivity index (χ2v) is 5.73. The van der Waals surface area contributed by atoms with E-state index in [1.807, 2.05) is 6.92 Å². The van der Waals surface area contributed by atoms with E-state index in [1.165, 1.54) is 25.7 Å². The quantitative estimate of drug-likeness (QED) is 0.813. The van der Waals surface area contributed by atoms with Crippen molar-refractivity contribution in [2.75, 3.05) is 5.32 Å². The molecule has 1 heterocycles. The summed E-state index contributed by atoms with van der Waals surface area (Å²) in [4.78, 5) is 0. The zero-order chi connectivity index (χ0) is 9.54. The van der Waals surface area contributed by atoms with Gasteiger partial charge in [-0.05, 0) is 38.0 Å². The summed E-state index contributed by atoms with van der Waals surface area (Å²) in [5.74, 6) is 1.90. The molecule has 2 bridgehead atoms. The highest BCUT2D eigenvalue weighted by Crippen LogP contribution is 2.45. The lowest BCUT2D eigenvalue weighted by Crippen LogP contribution is -2.25. The average Bonchev–Trinajstić information content (AvgIpc) is 2.82. The smallest absolute Gasteiger partial charge is 0.205 e. The maximum absolute atomic E-state index is 4.12. The first-order valence-electron chi connectivity index (χ1n) is 5.38. The molecule has 14 heavy (non-hydrogen) atoms. The van der Waals surface area contributed by atoms with Gasteiger partial charge in [-0.2, -0.15) is 0 Å². The number of aryl methyl sites for hydroxylation is 1. The van der Waals surface area contributed by atoms with Crippen molar-refractivity contribution in [3.05, 3.63) is 5.01 Å². The lowest BCUT2D eigenvalue weighted by molar-refractivity contribution is 0.439. The fourth-order valence-electron chi connectivity index (χ4n) is 2.93. The highest BCUT2D eigenvalue weighted by atomic mass is 32.1. The molecule has 76 valence electrons. The number of hydrogen-bond donors (Lipinski definition) is 1. The van der Waals surface area contributed by atoms with Gasteiger partial charge in [0.15, 0.2) is 0 Å². The maximum Gasteiger partial charge on any atom is 0.205 e. The van der Waals surface area contributed by atoms with E-state index in [-0.39, 0.29) is 0 Å². The summed E-state index contributed by atoms with van der Waals surface area (Å²) in [5, 5.41) is 13.8. The largest absolute Gasteiger partial charge is 0.357 e. The molecule has 3 atom stereocenters. The van der Waals surface area contributed by atoms with Crippen molar-refractivity contribution in [3.63, 3.8) is 0 Å². The molecular weight excluding hydrogens is 194 g/mol. The zero-order valence-corrected chi connectivity index (χ0v) is 9.18. The summed E-state index contributed by atoms with van der Waals surface area (Å²) in [6, 6.07) is 0.682. The van der Waals surface area contributed by atoms with Gasteiger partial charge in [-0.25, -0.2) is 0 Å². The van der Waals surface area contributed by atoms with Crippen LogP contribution in [-0.4, -0.2) is 16.2 Å². The molecule has 2 aliphatic rings. The van der Waals surface area contributed by atoms with Gasteiger partial charge in [0.05, 0.1) is 0 Å². The van der Waals surface area contributed by atoms with Gasteiger partial charge in [-0.1, -0.05) is 17.8 Å². The minimum atomic E-state index is 0.682. The molecule has 3 nitrogen and oxygen atoms in total. The molecule has 1 aromatic rings. The number of nitrogens with one attached hydrogen (secondary N) is 1. The van der Waals surface area contributed by atoms with E-state index in [4.69, 9.17) is 0 Å². The minimum absolute atomic E-state index is 0.682. The zero-order valence-electron chi connectivity index (χ0n) is 8.36. The van der Waals surface area contributed by atoms with Gasteiger partial charge in [0.1, 0.15) is 5.01 Å². The standard InChI is InChI=1S/C10H15N3S/c1-6-12-13-10(14-6)11-9-5-7-2-3-8(9)4-7/h7-9H,2-5H2,1H3,(H,11,13). The van der Waals surface area contributed by atoms with Gasteiger partial charge in [0.25, 0.3) is 0 Å². The molecular formula is C10H15N3S. The van der Waals surface area contributed by atoms with Crippen LogP contribution in [0.3, 0.4) is 0 Å². The number of nitrogens with zero attached hydrogens (tertiary/aromatic N) is 2. The Bertz CT molecular complexity index is 336. The predicted octanol–water partition coefficient (Wildman–Crippen LogP) is 2.45. The van der Waals surface area contributed by atoms with Crippen LogP contribution in [0.4, 0.5) is 5.13 Å². The summed E-state index contributed by atoms with van der Waals surface area (Å²) in [7, 11) is 0. The number of rotatable bonds is 2. The third-order valence-corrected chi connectivity index (χ3v) is 4.34. The third-order valence-electron chi connectivity index (χ3n) is 3.57. The van der Waals surface area contributed by atoms with Gasteiger partial charge >= 0.3 is 0 Å². The monoisotopic (exact) mass is 209 g/mol. The molecule has 3 rings (SSSR count). The van der Waals surface area contributed by atoms with Crippen LogP contribution in [0, 0.1) is 18.8 Å². The van der Waals surface area contributed by atoms with Crippen LogP contribution < -0.4 is 5.32 Å². The van der Waals surface area contributed by atoms with Gasteiger partial charge in [0.2, 0.25) is 5.13 Å². The van der Waals surface area contributed by atoms with Gasteiger partial charge in [-0.3, -0.25) is 0 Å². The van der Waals surface area contributed by atoms with Crippen LogP contribution in [0.1, 0.15) is 30.7 Å². The Kier molecular flexibility index (Phi) is 1.97. The first kappa shape index (κ1) is 8.65. The molecule has 2 aliphatic carbocycles. The molecule has 0 radical (unpaired) electrons. The summed E-state index contributed by atoms with van der Waals surface area (Å²) in [6.07, 6.45) is 5.66. The first-order valence-corrected chi connectivity index (χ1v) is 6.19. The van der Waals surface area contributed by atoms with Crippen molar-refractivity contribution < 1.29 is 0 Å². The average molecular weight is 209 g/mol. The van der Waals surface area contributed by atoms with Gasteiger partial charge < -0.3 is 5.32 Å². The van der Waals surface area contributed by atoms with Crippen molar-refractivity contribution in [3.8, 4) is 0 Å². The van der Waals surface area contributed by atoms with E-state index >= 15 is 0 Å². The van der Waals surface area contributed by atoms with Gasteiger partial charge in [0, 0.05) is 6.04 Å². The Morgan fingerprint density at radius 3 is 2.79 bits per heavy atom. The van der Waals surface area contributed by atoms with Crippen LogP contribution in [0.15, 0.2) is 0 Å². The fourth-order valence-corrected chi connectivity index (χ4v) is 3.59. The topological polar surface area (TPSA) is 37.8 Å². The van der Waals surface area contributed by atoms with Crippen molar-refractivity contribution in [2.45, 2.75) is 38.6 Å². The first-order chi connectivity index (χ1) is 6.81. The van der Waals surface area contributed by atoms with E-state index in [0.717, 1.165) is 22.0 Å². The Hall–Kier alpha value is -0.640. The molecule has 4 heteroatoms. The van der Waals surface area contributed by atoms with E-state index in [0.29, 0.717) is 6.04 Å². The van der Waals surface area contributed by atoms with Crippen molar-refractivity contribution in [1.82, 2.24) is 10.2 Å². The maximum atomic E-state index is 4.12. The summed E-state index contributed by atoms with van der Waals surface area (Å²) >= 11 is 1.67. The van der Waals surface area contributed by atoms with E-state index in [9.17, 15) is 0 Å². The molecule has 0 aliphatic heterocycles. The molecule has 0 amide bonds. The summed E-state index contributed by atoms with van der Waals surface area (Å²) in [5.41, 5.74) is 0. The molecule has 0 aromatic carbocycles. The van der Waals surface area contributed by atoms with Crippen LogP contribution in [-0.2, 0) is 0 Å². The van der Waals surface area contributed by atoms with Crippen LogP contribution >= 0.6 is 11.3 Å². The summed E-state index contributed by atoms with van der Waals surface area (Å²) in [6.45, 7) is 2.00. The molecule has 1 N–H and O–H groups in total. The Balaban J connectivity index is 1.68. The van der Waals surface area contributed by atoms with E-state index in [2.05, 4.69) is 15.5 Å². The third kappa shape index (κ3) is 1.41. The van der Waals surface area contributed by atoms with E-state index in [1.54, 1.807) is 11.3 Å². The normalized spacial score (nSPS) is 35.1. The Morgan fingerprint density at radius 1 is 1.29 bits per heavy atom. The van der Waals surface area contributed by atoms with Gasteiger partial charge in [-0.15, -0.1) is 10.2 Å². The Morgan fingerprint density at radius 2 is 2.21 bits per heavy atom. The highest BCUT2D eigenvalue weighted by molar-refractivity contribution is 7.15. The van der Waals surface area contributed by atoms with Crippen molar-refractivity contribution >= 4 is 16.5 Å². The van der Waals surface area contributed by atoms with Crippen LogP contribution in [0.2, 0.25) is 0 Å². The molecule has 2 fully saturated rings. The predicted molar refractivity (Wildman–Crippen MR) is 57.5 cm³/mol. The SMILES string of the molecule is Cc1nnc(NC2CC3CCC2C3)s1. The van der Waals surface area contributed by atoms with Crippen LogP contribution in [0.25, 0.3) is 0 Å². The molecule has 0 spiro atoms. The molecule has 3 unspecified atom stereocenters. The fraction of sp³-hybridized carbons (Fsp3) is 0.800. The number of fused-ring (bicyclic) bond motifs is 2. The Labute approximate surface area is 87.9 Å². The minimum Gasteiger partial charge on any atom is -0.357 e. The summed E-state index contributed by atoms with van der Waals surface area (Å²) < 4.78 is 0. The van der Waals surface area contributed by atoms with E-state index < -0.39 is 0 Å².